The van der Waals surface area contributed by atoms with E-state index in [1.807, 2.05) is 31.2 Å². The normalized spacial score (nSPS) is 19.8. The number of methoxy groups -OCH3 is 1. The molecule has 2 fully saturated rings. The van der Waals surface area contributed by atoms with E-state index in [0.29, 0.717) is 12.8 Å². The average Bonchev–Trinajstić information content (AvgIpc) is 3.48. The van der Waals surface area contributed by atoms with Crippen LogP contribution in [0.2, 0.25) is 0 Å². The molecule has 1 saturated heterocycles. The third-order valence-corrected chi connectivity index (χ3v) is 5.19. The van der Waals surface area contributed by atoms with E-state index in [9.17, 15) is 9.59 Å². The van der Waals surface area contributed by atoms with Gasteiger partial charge in [0.05, 0.1) is 6.04 Å². The maximum Gasteiger partial charge on any atom is 0.252 e. The van der Waals surface area contributed by atoms with Crippen molar-refractivity contribution in [2.24, 2.45) is 5.92 Å². The van der Waals surface area contributed by atoms with E-state index in [0.717, 1.165) is 37.2 Å². The van der Waals surface area contributed by atoms with E-state index < -0.39 is 5.60 Å². The molecule has 26 heavy (non-hydrogen) atoms. The first-order valence-corrected chi connectivity index (χ1v) is 9.02. The molecule has 0 radical (unpaired) electrons. The van der Waals surface area contributed by atoms with Crippen LogP contribution in [0.15, 0.2) is 24.3 Å². The molecular weight excluding hydrogens is 354 g/mol. The topological polar surface area (TPSA) is 79.5 Å². The molecule has 6 nitrogen and oxygen atoms in total. The number of carbonyl (C=O) groups excluding carboxylic acids is 2. The van der Waals surface area contributed by atoms with Crippen LogP contribution in [0.1, 0.15) is 44.2 Å². The molecule has 1 saturated carbocycles. The minimum Gasteiger partial charge on any atom is -0.368 e. The average molecular weight is 382 g/mol. The first kappa shape index (κ1) is 20.7. The Morgan fingerprint density at radius 3 is 2.35 bits per heavy atom. The molecule has 1 atom stereocenters. The molecule has 1 heterocycles. The molecule has 1 aromatic carbocycles. The van der Waals surface area contributed by atoms with Gasteiger partial charge in [-0.2, -0.15) is 0 Å². The van der Waals surface area contributed by atoms with E-state index in [-0.39, 0.29) is 36.2 Å². The van der Waals surface area contributed by atoms with Crippen molar-refractivity contribution in [3.63, 3.8) is 0 Å². The minimum atomic E-state index is -0.738. The summed E-state index contributed by atoms with van der Waals surface area (Å²) in [6.07, 6.45) is 3.33. The molecule has 3 N–H and O–H groups in total. The number of amides is 2. The van der Waals surface area contributed by atoms with Gasteiger partial charge in [0, 0.05) is 18.7 Å². The van der Waals surface area contributed by atoms with E-state index in [1.165, 1.54) is 0 Å². The Bertz CT molecular complexity index is 625. The van der Waals surface area contributed by atoms with Gasteiger partial charge in [0.15, 0.2) is 0 Å². The molecule has 0 spiro atoms. The van der Waals surface area contributed by atoms with Gasteiger partial charge in [0.1, 0.15) is 5.60 Å². The molecule has 1 aromatic rings. The van der Waals surface area contributed by atoms with Gasteiger partial charge in [0.25, 0.3) is 5.91 Å². The van der Waals surface area contributed by atoms with Crippen LogP contribution in [-0.4, -0.2) is 37.6 Å². The zero-order valence-corrected chi connectivity index (χ0v) is 16.2. The quantitative estimate of drug-likeness (QED) is 0.707. The van der Waals surface area contributed by atoms with Crippen molar-refractivity contribution < 1.29 is 14.3 Å². The second-order valence-corrected chi connectivity index (χ2v) is 7.03. The lowest BCUT2D eigenvalue weighted by atomic mass is 9.90. The highest BCUT2D eigenvalue weighted by Crippen LogP contribution is 2.30. The second-order valence-electron chi connectivity index (χ2n) is 7.03. The highest BCUT2D eigenvalue weighted by atomic mass is 35.5. The SMILES string of the molecule is COC1(C(=O)NC(C)c2ccc(NC(=O)C3CC3)cc2)CCNCC1.Cl. The Labute approximate surface area is 160 Å². The van der Waals surface area contributed by atoms with E-state index in [1.54, 1.807) is 7.11 Å². The first-order valence-electron chi connectivity index (χ1n) is 9.02. The lowest BCUT2D eigenvalue weighted by Crippen LogP contribution is -2.54. The number of anilines is 1. The molecule has 1 aliphatic heterocycles. The summed E-state index contributed by atoms with van der Waals surface area (Å²) in [6.45, 7) is 3.52. The Morgan fingerprint density at radius 2 is 1.81 bits per heavy atom. The van der Waals surface area contributed by atoms with Crippen molar-refractivity contribution in [1.82, 2.24) is 10.6 Å². The fourth-order valence-electron chi connectivity index (χ4n) is 3.21. The Balaban J connectivity index is 0.00000243. The van der Waals surface area contributed by atoms with Crippen molar-refractivity contribution in [3.8, 4) is 0 Å². The van der Waals surface area contributed by atoms with Crippen LogP contribution in [0, 0.1) is 5.92 Å². The Kier molecular flexibility index (Phi) is 7.03. The molecular formula is C19H28ClN3O3. The summed E-state index contributed by atoms with van der Waals surface area (Å²) < 4.78 is 5.57. The van der Waals surface area contributed by atoms with Gasteiger partial charge in [-0.3, -0.25) is 9.59 Å². The molecule has 144 valence electrons. The Hall–Kier alpha value is -1.63. The molecule has 0 aromatic heterocycles. The van der Waals surface area contributed by atoms with Crippen LogP contribution in [0.3, 0.4) is 0 Å². The first-order chi connectivity index (χ1) is 12.0. The highest BCUT2D eigenvalue weighted by molar-refractivity contribution is 5.94. The standard InChI is InChI=1S/C19H27N3O3.ClH/c1-13(21-18(24)19(25-2)9-11-20-12-10-19)14-5-7-16(8-6-14)22-17(23)15-3-4-15;/h5-8,13,15,20H,3-4,9-12H2,1-2H3,(H,21,24)(H,22,23);1H. The van der Waals surface area contributed by atoms with E-state index >= 15 is 0 Å². The molecule has 2 aliphatic rings. The predicted octanol–water partition coefficient (Wildman–Crippen LogP) is 2.40. The van der Waals surface area contributed by atoms with Crippen molar-refractivity contribution in [2.45, 2.75) is 44.2 Å². The van der Waals surface area contributed by atoms with Crippen LogP contribution in [0.4, 0.5) is 5.69 Å². The number of benzene rings is 1. The summed E-state index contributed by atoms with van der Waals surface area (Å²) in [5.41, 5.74) is 1.06. The Morgan fingerprint density at radius 1 is 1.19 bits per heavy atom. The predicted molar refractivity (Wildman–Crippen MR) is 103 cm³/mol. The van der Waals surface area contributed by atoms with Gasteiger partial charge in [-0.15, -0.1) is 12.4 Å². The highest BCUT2D eigenvalue weighted by Gasteiger charge is 2.40. The zero-order chi connectivity index (χ0) is 17.9. The fraction of sp³-hybridized carbons (Fsp3) is 0.579. The van der Waals surface area contributed by atoms with Crippen LogP contribution < -0.4 is 16.0 Å². The zero-order valence-electron chi connectivity index (χ0n) is 15.3. The summed E-state index contributed by atoms with van der Waals surface area (Å²) in [6, 6.07) is 7.52. The second kappa shape index (κ2) is 8.84. The molecule has 1 aliphatic carbocycles. The fourth-order valence-corrected chi connectivity index (χ4v) is 3.21. The van der Waals surface area contributed by atoms with Gasteiger partial charge in [-0.25, -0.2) is 0 Å². The number of carbonyl (C=O) groups is 2. The smallest absolute Gasteiger partial charge is 0.252 e. The number of halogens is 1. The monoisotopic (exact) mass is 381 g/mol. The number of piperidine rings is 1. The summed E-state index contributed by atoms with van der Waals surface area (Å²) in [5, 5.41) is 9.24. The van der Waals surface area contributed by atoms with Gasteiger partial charge >= 0.3 is 0 Å². The van der Waals surface area contributed by atoms with Crippen molar-refractivity contribution in [3.05, 3.63) is 29.8 Å². The number of hydrogen-bond acceptors (Lipinski definition) is 4. The minimum absolute atomic E-state index is 0. The molecule has 1 unspecified atom stereocenters. The van der Waals surface area contributed by atoms with Gasteiger partial charge in [-0.05, 0) is 63.4 Å². The van der Waals surface area contributed by atoms with Crippen LogP contribution >= 0.6 is 12.4 Å². The van der Waals surface area contributed by atoms with Gasteiger partial charge in [0.2, 0.25) is 5.91 Å². The number of hydrogen-bond donors (Lipinski definition) is 3. The molecule has 7 heteroatoms. The van der Waals surface area contributed by atoms with E-state index in [2.05, 4.69) is 16.0 Å². The summed E-state index contributed by atoms with van der Waals surface area (Å²) in [5.74, 6) is 0.227. The number of rotatable bonds is 6. The van der Waals surface area contributed by atoms with Crippen molar-refractivity contribution in [2.75, 3.05) is 25.5 Å². The lowest BCUT2D eigenvalue weighted by molar-refractivity contribution is -0.147. The maximum absolute atomic E-state index is 12.7. The lowest BCUT2D eigenvalue weighted by Gasteiger charge is -2.35. The number of ether oxygens (including phenoxy) is 1. The van der Waals surface area contributed by atoms with Gasteiger partial charge < -0.3 is 20.7 Å². The van der Waals surface area contributed by atoms with Crippen molar-refractivity contribution >= 4 is 29.9 Å². The summed E-state index contributed by atoms with van der Waals surface area (Å²) in [4.78, 5) is 24.5. The molecule has 0 bridgehead atoms. The van der Waals surface area contributed by atoms with Crippen LogP contribution in [-0.2, 0) is 14.3 Å². The summed E-state index contributed by atoms with van der Waals surface area (Å²) >= 11 is 0. The van der Waals surface area contributed by atoms with Crippen LogP contribution in [0.25, 0.3) is 0 Å². The van der Waals surface area contributed by atoms with Gasteiger partial charge in [-0.1, -0.05) is 12.1 Å². The molecule has 3 rings (SSSR count). The largest absolute Gasteiger partial charge is 0.368 e. The third kappa shape index (κ3) is 4.75. The summed E-state index contributed by atoms with van der Waals surface area (Å²) in [7, 11) is 1.60. The number of nitrogens with one attached hydrogen (secondary N) is 3. The maximum atomic E-state index is 12.7. The third-order valence-electron chi connectivity index (χ3n) is 5.19. The van der Waals surface area contributed by atoms with Crippen LogP contribution in [0.5, 0.6) is 0 Å². The van der Waals surface area contributed by atoms with E-state index in [4.69, 9.17) is 4.74 Å². The van der Waals surface area contributed by atoms with Crippen molar-refractivity contribution in [1.29, 1.82) is 0 Å². The molecule has 2 amide bonds.